The number of hydrogen-bond acceptors (Lipinski definition) is 5. The van der Waals surface area contributed by atoms with E-state index in [0.29, 0.717) is 15.4 Å². The predicted molar refractivity (Wildman–Crippen MR) is 120 cm³/mol. The lowest BCUT2D eigenvalue weighted by atomic mass is 10.1. The summed E-state index contributed by atoms with van der Waals surface area (Å²) in [6, 6.07) is 17.0. The molecule has 0 fully saturated rings. The van der Waals surface area contributed by atoms with Gasteiger partial charge in [0, 0.05) is 5.69 Å². The number of aryl methyl sites for hydroxylation is 1. The van der Waals surface area contributed by atoms with Crippen LogP contribution in [0.25, 0.3) is 15.9 Å². The molecule has 0 radical (unpaired) electrons. The van der Waals surface area contributed by atoms with Crippen LogP contribution in [-0.2, 0) is 4.79 Å². The van der Waals surface area contributed by atoms with Gasteiger partial charge in [0.2, 0.25) is 5.91 Å². The highest BCUT2D eigenvalue weighted by molar-refractivity contribution is 7.99. The molecular weight excluding hydrogens is 402 g/mol. The van der Waals surface area contributed by atoms with Crippen molar-refractivity contribution in [2.75, 3.05) is 11.1 Å². The zero-order chi connectivity index (χ0) is 20.4. The number of benzene rings is 2. The number of hydrogen-bond donors (Lipinski definition) is 1. The minimum atomic E-state index is -0.145. The molecule has 0 saturated carbocycles. The Morgan fingerprint density at radius 2 is 1.90 bits per heavy atom. The highest BCUT2D eigenvalue weighted by atomic mass is 32.2. The Morgan fingerprint density at radius 1 is 1.10 bits per heavy atom. The van der Waals surface area contributed by atoms with Gasteiger partial charge in [0.05, 0.1) is 17.0 Å². The number of nitrogens with one attached hydrogen (secondary N) is 1. The quantitative estimate of drug-likeness (QED) is 0.372. The third-order valence-corrected chi connectivity index (χ3v) is 6.49. The van der Waals surface area contributed by atoms with Gasteiger partial charge >= 0.3 is 0 Å². The van der Waals surface area contributed by atoms with Crippen LogP contribution >= 0.6 is 23.1 Å². The first-order valence-electron chi connectivity index (χ1n) is 9.09. The summed E-state index contributed by atoms with van der Waals surface area (Å²) >= 11 is 2.64. The lowest BCUT2D eigenvalue weighted by Gasteiger charge is -2.15. The fraction of sp³-hybridized carbons (Fsp3) is 0.136. The standard InChI is InChI=1S/C22H19N3O2S2/c1-14-7-6-10-18(15(14)2)25-21(27)20-17(11-12-28-20)24-22(25)29-13-19(26)23-16-8-4-3-5-9-16/h3-12H,13H2,1-2H3,(H,23,26). The molecule has 29 heavy (non-hydrogen) atoms. The summed E-state index contributed by atoms with van der Waals surface area (Å²) in [5.41, 5.74) is 4.20. The number of rotatable bonds is 5. The van der Waals surface area contributed by atoms with Crippen molar-refractivity contribution in [2.45, 2.75) is 19.0 Å². The summed E-state index contributed by atoms with van der Waals surface area (Å²) in [5, 5.41) is 5.24. The number of thiophene rings is 1. The molecule has 0 aliphatic carbocycles. The van der Waals surface area contributed by atoms with Gasteiger partial charge in [-0.1, -0.05) is 42.1 Å². The minimum absolute atomic E-state index is 0.107. The lowest BCUT2D eigenvalue weighted by Crippen LogP contribution is -2.23. The van der Waals surface area contributed by atoms with Crippen molar-refractivity contribution in [1.82, 2.24) is 9.55 Å². The highest BCUT2D eigenvalue weighted by Gasteiger charge is 2.17. The van der Waals surface area contributed by atoms with E-state index in [-0.39, 0.29) is 17.2 Å². The largest absolute Gasteiger partial charge is 0.325 e. The Kier molecular flexibility index (Phi) is 5.51. The van der Waals surface area contributed by atoms with Crippen LogP contribution in [0.1, 0.15) is 11.1 Å². The van der Waals surface area contributed by atoms with Gasteiger partial charge in [0.25, 0.3) is 5.56 Å². The van der Waals surface area contributed by atoms with E-state index < -0.39 is 0 Å². The lowest BCUT2D eigenvalue weighted by molar-refractivity contribution is -0.113. The van der Waals surface area contributed by atoms with Crippen molar-refractivity contribution in [3.63, 3.8) is 0 Å². The van der Waals surface area contributed by atoms with Crippen LogP contribution in [0.3, 0.4) is 0 Å². The molecule has 1 N–H and O–H groups in total. The highest BCUT2D eigenvalue weighted by Crippen LogP contribution is 2.26. The van der Waals surface area contributed by atoms with Gasteiger partial charge in [0.1, 0.15) is 4.70 Å². The SMILES string of the molecule is Cc1cccc(-n2c(SCC(=O)Nc3ccccc3)nc3ccsc3c2=O)c1C. The zero-order valence-electron chi connectivity index (χ0n) is 16.0. The third-order valence-electron chi connectivity index (χ3n) is 4.66. The second-order valence-corrected chi connectivity index (χ2v) is 8.45. The number of fused-ring (bicyclic) bond motifs is 1. The van der Waals surface area contributed by atoms with Crippen molar-refractivity contribution in [3.8, 4) is 5.69 Å². The van der Waals surface area contributed by atoms with Crippen molar-refractivity contribution < 1.29 is 4.79 Å². The molecule has 4 aromatic rings. The van der Waals surface area contributed by atoms with E-state index in [0.717, 1.165) is 22.5 Å². The maximum Gasteiger partial charge on any atom is 0.276 e. The summed E-state index contributed by atoms with van der Waals surface area (Å²) in [5.74, 6) is 0.00958. The fourth-order valence-corrected chi connectivity index (χ4v) is 4.59. The second-order valence-electron chi connectivity index (χ2n) is 6.59. The first-order chi connectivity index (χ1) is 14.0. The second kappa shape index (κ2) is 8.23. The predicted octanol–water partition coefficient (Wildman–Crippen LogP) is 4.79. The molecule has 0 bridgehead atoms. The molecule has 0 spiro atoms. The summed E-state index contributed by atoms with van der Waals surface area (Å²) < 4.78 is 2.24. The van der Waals surface area contributed by atoms with Crippen LogP contribution in [-0.4, -0.2) is 21.2 Å². The summed E-state index contributed by atoms with van der Waals surface area (Å²) in [6.07, 6.45) is 0. The smallest absolute Gasteiger partial charge is 0.276 e. The average Bonchev–Trinajstić information content (AvgIpc) is 3.19. The van der Waals surface area contributed by atoms with Gasteiger partial charge in [0.15, 0.2) is 5.16 Å². The molecule has 1 amide bonds. The Balaban J connectivity index is 1.71. The molecule has 0 unspecified atom stereocenters. The zero-order valence-corrected chi connectivity index (χ0v) is 17.6. The van der Waals surface area contributed by atoms with E-state index in [1.807, 2.05) is 73.8 Å². The van der Waals surface area contributed by atoms with Crippen LogP contribution in [0.5, 0.6) is 0 Å². The molecule has 7 heteroatoms. The van der Waals surface area contributed by atoms with Crippen molar-refractivity contribution in [1.29, 1.82) is 0 Å². The molecule has 146 valence electrons. The summed E-state index contributed by atoms with van der Waals surface area (Å²) in [6.45, 7) is 4.01. The van der Waals surface area contributed by atoms with Gasteiger partial charge in [-0.05, 0) is 54.6 Å². The molecule has 2 aromatic carbocycles. The monoisotopic (exact) mass is 421 g/mol. The van der Waals surface area contributed by atoms with Crippen LogP contribution < -0.4 is 10.9 Å². The number of aromatic nitrogens is 2. The van der Waals surface area contributed by atoms with Gasteiger partial charge in [-0.15, -0.1) is 11.3 Å². The van der Waals surface area contributed by atoms with Gasteiger partial charge < -0.3 is 5.32 Å². The molecule has 0 saturated heterocycles. The van der Waals surface area contributed by atoms with Crippen molar-refractivity contribution in [3.05, 3.63) is 81.5 Å². The summed E-state index contributed by atoms with van der Waals surface area (Å²) in [7, 11) is 0. The Morgan fingerprint density at radius 3 is 2.69 bits per heavy atom. The number of carbonyl (C=O) groups excluding carboxylic acids is 1. The number of para-hydroxylation sites is 1. The topological polar surface area (TPSA) is 64.0 Å². The summed E-state index contributed by atoms with van der Waals surface area (Å²) in [4.78, 5) is 30.3. The third kappa shape index (κ3) is 3.97. The first-order valence-corrected chi connectivity index (χ1v) is 11.0. The van der Waals surface area contributed by atoms with Crippen molar-refractivity contribution in [2.24, 2.45) is 0 Å². The van der Waals surface area contributed by atoms with Crippen molar-refractivity contribution >= 4 is 44.9 Å². The van der Waals surface area contributed by atoms with Crippen LogP contribution in [0.4, 0.5) is 5.69 Å². The molecule has 0 aliphatic heterocycles. The van der Waals surface area contributed by atoms with E-state index >= 15 is 0 Å². The molecule has 4 rings (SSSR count). The number of amides is 1. The van der Waals surface area contributed by atoms with Crippen LogP contribution in [0.2, 0.25) is 0 Å². The normalized spacial score (nSPS) is 11.0. The number of thioether (sulfide) groups is 1. The molecule has 2 heterocycles. The van der Waals surface area contributed by atoms with E-state index in [4.69, 9.17) is 0 Å². The first kappa shape index (κ1) is 19.4. The van der Waals surface area contributed by atoms with Crippen LogP contribution in [0, 0.1) is 13.8 Å². The maximum atomic E-state index is 13.2. The Bertz CT molecular complexity index is 1250. The minimum Gasteiger partial charge on any atom is -0.325 e. The van der Waals surface area contributed by atoms with Crippen LogP contribution in [0.15, 0.2) is 69.9 Å². The molecule has 0 atom stereocenters. The number of carbonyl (C=O) groups is 1. The van der Waals surface area contributed by atoms with E-state index in [1.165, 1.54) is 23.1 Å². The maximum absolute atomic E-state index is 13.2. The fourth-order valence-electron chi connectivity index (χ4n) is 3.03. The molecule has 0 aliphatic rings. The average molecular weight is 422 g/mol. The van der Waals surface area contributed by atoms with Gasteiger partial charge in [-0.2, -0.15) is 0 Å². The Hall–Kier alpha value is -2.90. The molecular formula is C22H19N3O2S2. The van der Waals surface area contributed by atoms with Gasteiger partial charge in [-0.3, -0.25) is 14.2 Å². The number of anilines is 1. The van der Waals surface area contributed by atoms with E-state index in [1.54, 1.807) is 4.57 Å². The molecule has 5 nitrogen and oxygen atoms in total. The Labute approximate surface area is 176 Å². The van der Waals surface area contributed by atoms with E-state index in [2.05, 4.69) is 10.3 Å². The molecule has 2 aromatic heterocycles. The van der Waals surface area contributed by atoms with E-state index in [9.17, 15) is 9.59 Å². The number of nitrogens with zero attached hydrogens (tertiary/aromatic N) is 2. The van der Waals surface area contributed by atoms with Gasteiger partial charge in [-0.25, -0.2) is 4.98 Å².